The Balaban J connectivity index is 1.41. The van der Waals surface area contributed by atoms with E-state index in [9.17, 15) is 4.79 Å². The zero-order chi connectivity index (χ0) is 23.0. The summed E-state index contributed by atoms with van der Waals surface area (Å²) in [5.74, 6) is -0.0850. The minimum Gasteiger partial charge on any atom is -0.324 e. The lowest BCUT2D eigenvalue weighted by Gasteiger charge is -2.21. The fourth-order valence-corrected chi connectivity index (χ4v) is 3.82. The van der Waals surface area contributed by atoms with Gasteiger partial charge in [0.05, 0.1) is 17.3 Å². The van der Waals surface area contributed by atoms with Crippen LogP contribution >= 0.6 is 0 Å². The highest BCUT2D eigenvalue weighted by atomic mass is 16.2. The number of nitriles is 1. The predicted octanol–water partition coefficient (Wildman–Crippen LogP) is 4.37. The third kappa shape index (κ3) is 5.85. The third-order valence-electron chi connectivity index (χ3n) is 5.63. The maximum atomic E-state index is 13.2. The fourth-order valence-electron chi connectivity index (χ4n) is 3.82. The number of aromatic nitrogens is 2. The molecule has 0 aliphatic heterocycles. The molecule has 0 spiro atoms. The standard InChI is InChI=1S/C27H27N5O/c1-32-18-16-25(31-32)22-11-13-24(14-12-22)30-27(33)26(23-5-3-2-4-6-23)29-17-15-20-7-9-21(19-28)10-8-20/h3,5-14,16,18,26,29H,2,4,15,17H2,1H3,(H,30,33). The number of aryl methyl sites for hydroxylation is 1. The van der Waals surface area contributed by atoms with Crippen molar-refractivity contribution in [1.29, 1.82) is 5.26 Å². The van der Waals surface area contributed by atoms with Crippen LogP contribution < -0.4 is 10.6 Å². The van der Waals surface area contributed by atoms with Crippen LogP contribution in [0.25, 0.3) is 11.3 Å². The number of amides is 1. The molecule has 1 aliphatic carbocycles. The van der Waals surface area contributed by atoms with Crippen LogP contribution in [0.3, 0.4) is 0 Å². The molecule has 2 aromatic carbocycles. The number of hydrogen-bond donors (Lipinski definition) is 2. The van der Waals surface area contributed by atoms with Crippen LogP contribution in [-0.2, 0) is 18.3 Å². The predicted molar refractivity (Wildman–Crippen MR) is 130 cm³/mol. The van der Waals surface area contributed by atoms with Crippen molar-refractivity contribution in [3.8, 4) is 17.3 Å². The fraction of sp³-hybridized carbons (Fsp3) is 0.222. The van der Waals surface area contributed by atoms with E-state index >= 15 is 0 Å². The zero-order valence-corrected chi connectivity index (χ0v) is 18.7. The Labute approximate surface area is 194 Å². The first-order valence-corrected chi connectivity index (χ1v) is 11.1. The average Bonchev–Trinajstić information content (AvgIpc) is 3.29. The first-order valence-electron chi connectivity index (χ1n) is 11.1. The summed E-state index contributed by atoms with van der Waals surface area (Å²) < 4.78 is 1.77. The van der Waals surface area contributed by atoms with Crippen LogP contribution in [0.15, 0.2) is 84.6 Å². The minimum absolute atomic E-state index is 0.0850. The van der Waals surface area contributed by atoms with Crippen molar-refractivity contribution in [1.82, 2.24) is 15.1 Å². The van der Waals surface area contributed by atoms with Crippen LogP contribution in [0, 0.1) is 11.3 Å². The van der Waals surface area contributed by atoms with Gasteiger partial charge in [0.25, 0.3) is 0 Å². The molecule has 33 heavy (non-hydrogen) atoms. The summed E-state index contributed by atoms with van der Waals surface area (Å²) in [6.07, 6.45) is 10.9. The monoisotopic (exact) mass is 437 g/mol. The highest BCUT2D eigenvalue weighted by Gasteiger charge is 2.22. The Hall–Kier alpha value is -3.95. The molecular formula is C27H27N5O. The van der Waals surface area contributed by atoms with Crippen LogP contribution in [0.1, 0.15) is 24.0 Å². The second-order valence-electron chi connectivity index (χ2n) is 8.07. The van der Waals surface area contributed by atoms with E-state index in [1.165, 1.54) is 0 Å². The lowest BCUT2D eigenvalue weighted by molar-refractivity contribution is -0.117. The smallest absolute Gasteiger partial charge is 0.246 e. The van der Waals surface area contributed by atoms with Crippen LogP contribution in [0.4, 0.5) is 5.69 Å². The molecule has 1 unspecified atom stereocenters. The van der Waals surface area contributed by atoms with E-state index < -0.39 is 6.04 Å². The molecule has 0 saturated heterocycles. The Morgan fingerprint density at radius 1 is 1.12 bits per heavy atom. The van der Waals surface area contributed by atoms with Gasteiger partial charge in [-0.2, -0.15) is 10.4 Å². The Morgan fingerprint density at radius 3 is 2.55 bits per heavy atom. The van der Waals surface area contributed by atoms with Crippen molar-refractivity contribution < 1.29 is 4.79 Å². The number of nitrogens with zero attached hydrogens (tertiary/aromatic N) is 3. The molecule has 1 heterocycles. The molecule has 0 saturated carbocycles. The van der Waals surface area contributed by atoms with Crippen molar-refractivity contribution in [3.63, 3.8) is 0 Å². The molecule has 1 aliphatic rings. The van der Waals surface area contributed by atoms with Crippen molar-refractivity contribution in [2.75, 3.05) is 11.9 Å². The van der Waals surface area contributed by atoms with Gasteiger partial charge in [-0.15, -0.1) is 0 Å². The number of nitrogens with one attached hydrogen (secondary N) is 2. The maximum absolute atomic E-state index is 13.2. The lowest BCUT2D eigenvalue weighted by atomic mass is 9.99. The van der Waals surface area contributed by atoms with Crippen molar-refractivity contribution >= 4 is 11.6 Å². The molecule has 166 valence electrons. The summed E-state index contributed by atoms with van der Waals surface area (Å²) in [5, 5.41) is 19.8. The Kier molecular flexibility index (Phi) is 7.13. The molecule has 6 heteroatoms. The largest absolute Gasteiger partial charge is 0.324 e. The molecule has 2 N–H and O–H groups in total. The first-order chi connectivity index (χ1) is 16.1. The van der Waals surface area contributed by atoms with Crippen LogP contribution in [0.2, 0.25) is 0 Å². The minimum atomic E-state index is -0.435. The molecule has 1 atom stereocenters. The number of allylic oxidation sites excluding steroid dienone is 2. The van der Waals surface area contributed by atoms with Crippen LogP contribution in [0.5, 0.6) is 0 Å². The highest BCUT2D eigenvalue weighted by molar-refractivity contribution is 5.97. The van der Waals surface area contributed by atoms with Gasteiger partial charge in [0.1, 0.15) is 6.04 Å². The summed E-state index contributed by atoms with van der Waals surface area (Å²) in [5.41, 5.74) is 5.41. The summed E-state index contributed by atoms with van der Waals surface area (Å²) >= 11 is 0. The van der Waals surface area contributed by atoms with Gasteiger partial charge in [0.2, 0.25) is 5.91 Å². The van der Waals surface area contributed by atoms with E-state index in [0.717, 1.165) is 47.3 Å². The molecule has 3 aromatic rings. The second kappa shape index (κ2) is 10.6. The molecule has 0 bridgehead atoms. The molecule has 1 aromatic heterocycles. The van der Waals surface area contributed by atoms with Crippen molar-refractivity contribution in [2.24, 2.45) is 7.05 Å². The van der Waals surface area contributed by atoms with Gasteiger partial charge < -0.3 is 10.6 Å². The number of rotatable bonds is 8. The van der Waals surface area contributed by atoms with Gasteiger partial charge in [0, 0.05) is 31.0 Å². The number of anilines is 1. The lowest BCUT2D eigenvalue weighted by Crippen LogP contribution is -2.42. The van der Waals surface area contributed by atoms with Gasteiger partial charge in [-0.05, 0) is 60.7 Å². The number of hydrogen-bond acceptors (Lipinski definition) is 4. The van der Waals surface area contributed by atoms with Crippen molar-refractivity contribution in [2.45, 2.75) is 25.3 Å². The summed E-state index contributed by atoms with van der Waals surface area (Å²) in [7, 11) is 1.89. The average molecular weight is 438 g/mol. The van der Waals surface area contributed by atoms with E-state index in [4.69, 9.17) is 5.26 Å². The summed E-state index contributed by atoms with van der Waals surface area (Å²) in [4.78, 5) is 13.2. The topological polar surface area (TPSA) is 82.7 Å². The van der Waals surface area contributed by atoms with E-state index in [2.05, 4.69) is 34.0 Å². The zero-order valence-electron chi connectivity index (χ0n) is 18.7. The SMILES string of the molecule is Cn1ccc(-c2ccc(NC(=O)C(NCCc3ccc(C#N)cc3)C3=CCCC=C3)cc2)n1. The quantitative estimate of drug-likeness (QED) is 0.548. The van der Waals surface area contributed by atoms with Gasteiger partial charge in [-0.1, -0.05) is 42.5 Å². The van der Waals surface area contributed by atoms with Gasteiger partial charge >= 0.3 is 0 Å². The number of carbonyl (C=O) groups is 1. The summed E-state index contributed by atoms with van der Waals surface area (Å²) in [6.45, 7) is 0.647. The van der Waals surface area contributed by atoms with Crippen LogP contribution in [-0.4, -0.2) is 28.3 Å². The van der Waals surface area contributed by atoms with E-state index in [1.807, 2.05) is 73.9 Å². The van der Waals surface area contributed by atoms with Gasteiger partial charge in [0.15, 0.2) is 0 Å². The molecular weight excluding hydrogens is 410 g/mol. The van der Waals surface area contributed by atoms with E-state index in [1.54, 1.807) is 4.68 Å². The Bertz CT molecular complexity index is 1200. The van der Waals surface area contributed by atoms with Crippen molar-refractivity contribution in [3.05, 3.63) is 95.7 Å². The molecule has 4 rings (SSSR count). The second-order valence-corrected chi connectivity index (χ2v) is 8.07. The normalized spacial score (nSPS) is 13.8. The molecule has 1 amide bonds. The highest BCUT2D eigenvalue weighted by Crippen LogP contribution is 2.21. The van der Waals surface area contributed by atoms with E-state index in [-0.39, 0.29) is 5.91 Å². The maximum Gasteiger partial charge on any atom is 0.246 e. The third-order valence-corrected chi connectivity index (χ3v) is 5.63. The molecule has 0 radical (unpaired) electrons. The Morgan fingerprint density at radius 2 is 1.91 bits per heavy atom. The van der Waals surface area contributed by atoms with Gasteiger partial charge in [-0.25, -0.2) is 0 Å². The molecule has 0 fully saturated rings. The molecule has 6 nitrogen and oxygen atoms in total. The number of benzene rings is 2. The first kappa shape index (κ1) is 22.3. The van der Waals surface area contributed by atoms with Gasteiger partial charge in [-0.3, -0.25) is 9.48 Å². The summed E-state index contributed by atoms with van der Waals surface area (Å²) in [6, 6.07) is 18.9. The number of carbonyl (C=O) groups excluding carboxylic acids is 1. The van der Waals surface area contributed by atoms with E-state index in [0.29, 0.717) is 12.1 Å².